The number of carbonyl (C=O) groups is 2. The number of nitrogens with zero attached hydrogens (tertiary/aromatic N) is 1. The van der Waals surface area contributed by atoms with Crippen LogP contribution in [0.25, 0.3) is 32.7 Å². The van der Waals surface area contributed by atoms with Crippen LogP contribution in [-0.2, 0) is 0 Å². The summed E-state index contributed by atoms with van der Waals surface area (Å²) in [5.41, 5.74) is 1.71. The standard InChI is InChI=1S/C23H15NO4/c1-28-18-11-10-13-6-2-4-8-15(13)19(18)20-16-9-5-3-7-14(16)12-17-21(20)23(26)24(27)22(17)25/h2-12,27H,1H3. The van der Waals surface area contributed by atoms with E-state index in [9.17, 15) is 14.8 Å². The minimum atomic E-state index is -0.726. The number of hydrogen-bond acceptors (Lipinski definition) is 4. The third kappa shape index (κ3) is 2.11. The molecule has 5 heteroatoms. The smallest absolute Gasteiger partial charge is 0.286 e. The fourth-order valence-electron chi connectivity index (χ4n) is 3.99. The number of hydrogen-bond donors (Lipinski definition) is 1. The van der Waals surface area contributed by atoms with Crippen molar-refractivity contribution >= 4 is 33.4 Å². The second-order valence-corrected chi connectivity index (χ2v) is 6.68. The first-order valence-corrected chi connectivity index (χ1v) is 8.81. The van der Waals surface area contributed by atoms with Crippen LogP contribution in [0.15, 0.2) is 66.7 Å². The maximum Gasteiger partial charge on any atom is 0.286 e. The monoisotopic (exact) mass is 369 g/mol. The maximum absolute atomic E-state index is 12.8. The Labute approximate surface area is 160 Å². The fourth-order valence-corrected chi connectivity index (χ4v) is 3.99. The zero-order chi connectivity index (χ0) is 19.4. The number of imide groups is 1. The van der Waals surface area contributed by atoms with Gasteiger partial charge in [0, 0.05) is 11.1 Å². The second kappa shape index (κ2) is 5.90. The number of carbonyl (C=O) groups excluding carboxylic acids is 2. The van der Waals surface area contributed by atoms with E-state index in [0.29, 0.717) is 11.3 Å². The molecule has 1 aliphatic rings. The summed E-state index contributed by atoms with van der Waals surface area (Å²) in [4.78, 5) is 25.3. The van der Waals surface area contributed by atoms with Gasteiger partial charge >= 0.3 is 0 Å². The van der Waals surface area contributed by atoms with Crippen molar-refractivity contribution in [3.8, 4) is 16.9 Å². The van der Waals surface area contributed by atoms with Crippen LogP contribution in [0.4, 0.5) is 0 Å². The minimum Gasteiger partial charge on any atom is -0.496 e. The van der Waals surface area contributed by atoms with Crippen LogP contribution in [0.2, 0.25) is 0 Å². The lowest BCUT2D eigenvalue weighted by molar-refractivity contribution is -0.0326. The maximum atomic E-state index is 12.8. The first-order chi connectivity index (χ1) is 13.6. The van der Waals surface area contributed by atoms with Crippen LogP contribution >= 0.6 is 0 Å². The Morgan fingerprint density at radius 3 is 2.11 bits per heavy atom. The highest BCUT2D eigenvalue weighted by molar-refractivity contribution is 6.28. The van der Waals surface area contributed by atoms with Gasteiger partial charge in [-0.15, -0.1) is 5.06 Å². The summed E-state index contributed by atoms with van der Waals surface area (Å²) in [6, 6.07) is 20.8. The van der Waals surface area contributed by atoms with Gasteiger partial charge in [-0.05, 0) is 33.7 Å². The van der Waals surface area contributed by atoms with Gasteiger partial charge in [-0.1, -0.05) is 54.6 Å². The third-order valence-corrected chi connectivity index (χ3v) is 5.24. The summed E-state index contributed by atoms with van der Waals surface area (Å²) >= 11 is 0. The molecule has 0 fully saturated rings. The molecule has 0 radical (unpaired) electrons. The summed E-state index contributed by atoms with van der Waals surface area (Å²) in [5, 5.41) is 13.7. The molecule has 5 rings (SSSR count). The van der Waals surface area contributed by atoms with Gasteiger partial charge in [-0.3, -0.25) is 14.8 Å². The largest absolute Gasteiger partial charge is 0.496 e. The van der Waals surface area contributed by atoms with E-state index < -0.39 is 11.8 Å². The van der Waals surface area contributed by atoms with E-state index in [1.54, 1.807) is 13.2 Å². The molecule has 0 aliphatic carbocycles. The number of benzene rings is 4. The van der Waals surface area contributed by atoms with E-state index in [2.05, 4.69) is 0 Å². The first kappa shape index (κ1) is 16.5. The van der Waals surface area contributed by atoms with E-state index in [0.717, 1.165) is 27.1 Å². The predicted octanol–water partition coefficient (Wildman–Crippen LogP) is 4.65. The highest BCUT2D eigenvalue weighted by atomic mass is 16.5. The van der Waals surface area contributed by atoms with Crippen molar-refractivity contribution in [1.82, 2.24) is 5.06 Å². The van der Waals surface area contributed by atoms with Crippen molar-refractivity contribution in [1.29, 1.82) is 0 Å². The molecule has 28 heavy (non-hydrogen) atoms. The highest BCUT2D eigenvalue weighted by Gasteiger charge is 2.39. The number of ether oxygens (including phenoxy) is 1. The first-order valence-electron chi connectivity index (χ1n) is 8.81. The molecular weight excluding hydrogens is 354 g/mol. The van der Waals surface area contributed by atoms with Crippen LogP contribution < -0.4 is 4.74 Å². The van der Waals surface area contributed by atoms with Crippen LogP contribution in [0.3, 0.4) is 0 Å². The Hall–Kier alpha value is -3.70. The zero-order valence-electron chi connectivity index (χ0n) is 15.0. The number of rotatable bonds is 2. The van der Waals surface area contributed by atoms with Gasteiger partial charge in [0.05, 0.1) is 18.2 Å². The fraction of sp³-hybridized carbons (Fsp3) is 0.0435. The topological polar surface area (TPSA) is 66.8 Å². The van der Waals surface area contributed by atoms with E-state index in [1.807, 2.05) is 60.7 Å². The lowest BCUT2D eigenvalue weighted by Crippen LogP contribution is -2.25. The number of hydroxylamine groups is 2. The molecule has 2 amide bonds. The van der Waals surface area contributed by atoms with Crippen molar-refractivity contribution in [2.24, 2.45) is 0 Å². The molecule has 0 unspecified atom stereocenters. The van der Waals surface area contributed by atoms with Gasteiger partial charge in [0.2, 0.25) is 0 Å². The quantitative estimate of drug-likeness (QED) is 0.412. The molecule has 0 saturated carbocycles. The Kier molecular flexibility index (Phi) is 3.47. The van der Waals surface area contributed by atoms with Crippen molar-refractivity contribution < 1.29 is 19.5 Å². The Bertz CT molecular complexity index is 1310. The number of methoxy groups -OCH3 is 1. The molecule has 136 valence electrons. The molecule has 1 aliphatic heterocycles. The lowest BCUT2D eigenvalue weighted by atomic mass is 9.87. The van der Waals surface area contributed by atoms with E-state index in [4.69, 9.17) is 4.74 Å². The molecule has 1 heterocycles. The summed E-state index contributed by atoms with van der Waals surface area (Å²) in [6.07, 6.45) is 0. The van der Waals surface area contributed by atoms with E-state index >= 15 is 0 Å². The number of amides is 2. The molecule has 0 atom stereocenters. The van der Waals surface area contributed by atoms with Crippen molar-refractivity contribution in [3.05, 3.63) is 77.9 Å². The molecule has 0 aromatic heterocycles. The molecule has 5 nitrogen and oxygen atoms in total. The molecule has 1 N–H and O–H groups in total. The van der Waals surface area contributed by atoms with Crippen molar-refractivity contribution in [2.45, 2.75) is 0 Å². The van der Waals surface area contributed by atoms with Gasteiger partial charge in [0.15, 0.2) is 0 Å². The lowest BCUT2D eigenvalue weighted by Gasteiger charge is -2.17. The minimum absolute atomic E-state index is 0.185. The second-order valence-electron chi connectivity index (χ2n) is 6.68. The summed E-state index contributed by atoms with van der Waals surface area (Å²) in [5.74, 6) is -0.851. The Balaban J connectivity index is 2.04. The normalized spacial score (nSPS) is 13.4. The summed E-state index contributed by atoms with van der Waals surface area (Å²) in [6.45, 7) is 0. The molecule has 4 aromatic rings. The summed E-state index contributed by atoms with van der Waals surface area (Å²) < 4.78 is 5.63. The zero-order valence-corrected chi connectivity index (χ0v) is 15.0. The predicted molar refractivity (Wildman–Crippen MR) is 106 cm³/mol. The third-order valence-electron chi connectivity index (χ3n) is 5.24. The SMILES string of the molecule is COc1ccc2ccccc2c1-c1c2c(cc3ccccc13)C(=O)N(O)C2=O. The van der Waals surface area contributed by atoms with Gasteiger partial charge in [0.1, 0.15) is 5.75 Å². The van der Waals surface area contributed by atoms with Crippen LogP contribution in [0, 0.1) is 0 Å². The van der Waals surface area contributed by atoms with E-state index in [1.165, 1.54) is 0 Å². The van der Waals surface area contributed by atoms with Gasteiger partial charge in [-0.25, -0.2) is 0 Å². The van der Waals surface area contributed by atoms with Crippen LogP contribution in [0.1, 0.15) is 20.7 Å². The Morgan fingerprint density at radius 1 is 0.750 bits per heavy atom. The number of fused-ring (bicyclic) bond motifs is 3. The van der Waals surface area contributed by atoms with E-state index in [-0.39, 0.29) is 16.2 Å². The van der Waals surface area contributed by atoms with Gasteiger partial charge in [-0.2, -0.15) is 0 Å². The van der Waals surface area contributed by atoms with Gasteiger partial charge in [0.25, 0.3) is 11.8 Å². The molecule has 0 saturated heterocycles. The molecule has 0 spiro atoms. The Morgan fingerprint density at radius 2 is 1.39 bits per heavy atom. The van der Waals surface area contributed by atoms with Gasteiger partial charge < -0.3 is 4.74 Å². The average molecular weight is 369 g/mol. The average Bonchev–Trinajstić information content (AvgIpc) is 2.95. The molecule has 4 aromatic carbocycles. The van der Waals surface area contributed by atoms with Crippen molar-refractivity contribution in [3.63, 3.8) is 0 Å². The molecule has 0 bridgehead atoms. The van der Waals surface area contributed by atoms with Crippen molar-refractivity contribution in [2.75, 3.05) is 7.11 Å². The summed E-state index contributed by atoms with van der Waals surface area (Å²) in [7, 11) is 1.57. The van der Waals surface area contributed by atoms with Crippen LogP contribution in [-0.4, -0.2) is 29.2 Å². The highest BCUT2D eigenvalue weighted by Crippen LogP contribution is 2.45. The molecular formula is C23H15NO4. The van der Waals surface area contributed by atoms with Crippen LogP contribution in [0.5, 0.6) is 5.75 Å².